The first kappa shape index (κ1) is 17.0. The van der Waals surface area contributed by atoms with E-state index in [2.05, 4.69) is 4.98 Å². The zero-order valence-electron chi connectivity index (χ0n) is 11.5. The van der Waals surface area contributed by atoms with Crippen molar-refractivity contribution in [1.29, 1.82) is 0 Å². The van der Waals surface area contributed by atoms with E-state index in [0.29, 0.717) is 0 Å². The van der Waals surface area contributed by atoms with Crippen molar-refractivity contribution >= 4 is 17.4 Å². The predicted molar refractivity (Wildman–Crippen MR) is 76.5 cm³/mol. The van der Waals surface area contributed by atoms with Gasteiger partial charge in [0, 0.05) is 11.4 Å². The van der Waals surface area contributed by atoms with Crippen molar-refractivity contribution in [3.63, 3.8) is 0 Å². The van der Waals surface area contributed by atoms with E-state index in [9.17, 15) is 23.3 Å². The number of aromatic nitrogens is 1. The molecular weight excluding hydrogens is 337 g/mol. The lowest BCUT2D eigenvalue weighted by Crippen LogP contribution is -2.12. The first-order chi connectivity index (χ1) is 10.8. The smallest absolute Gasteiger partial charge is 0.416 e. The van der Waals surface area contributed by atoms with E-state index in [4.69, 9.17) is 16.3 Å². The molecule has 0 aliphatic rings. The Morgan fingerprint density at radius 1 is 1.30 bits per heavy atom. The topological polar surface area (TPSA) is 65.3 Å². The molecular formula is C14H10ClF3N2O3. The number of ether oxygens (including phenoxy) is 1. The highest BCUT2D eigenvalue weighted by Gasteiger charge is 2.33. The number of nitro groups is 1. The van der Waals surface area contributed by atoms with Crippen LogP contribution < -0.4 is 4.74 Å². The van der Waals surface area contributed by atoms with Crippen LogP contribution in [0.15, 0.2) is 36.5 Å². The molecule has 5 nitrogen and oxygen atoms in total. The average Bonchev–Trinajstić information content (AvgIpc) is 2.46. The molecule has 1 aromatic carbocycles. The van der Waals surface area contributed by atoms with E-state index in [1.54, 1.807) is 0 Å². The first-order valence-electron chi connectivity index (χ1n) is 6.37. The maximum Gasteiger partial charge on any atom is 0.416 e. The second-order valence-corrected chi connectivity index (χ2v) is 4.92. The zero-order chi connectivity index (χ0) is 17.0. The minimum atomic E-state index is -4.51. The number of alkyl halides is 3. The summed E-state index contributed by atoms with van der Waals surface area (Å²) in [5, 5.41) is 10.9. The molecule has 0 N–H and O–H groups in total. The van der Waals surface area contributed by atoms with E-state index < -0.39 is 22.5 Å². The molecule has 0 spiro atoms. The lowest BCUT2D eigenvalue weighted by Gasteiger charge is -2.13. The third-order valence-electron chi connectivity index (χ3n) is 2.93. The molecule has 0 saturated carbocycles. The fourth-order valence-corrected chi connectivity index (χ4v) is 2.14. The van der Waals surface area contributed by atoms with Gasteiger partial charge in [0.05, 0.1) is 12.2 Å². The van der Waals surface area contributed by atoms with Crippen LogP contribution in [0.25, 0.3) is 0 Å². The third-order valence-corrected chi connectivity index (χ3v) is 3.16. The van der Waals surface area contributed by atoms with Crippen molar-refractivity contribution in [1.82, 2.24) is 4.98 Å². The number of hydrogen-bond donors (Lipinski definition) is 0. The number of nitrogens with zero attached hydrogens (tertiary/aromatic N) is 2. The maximum atomic E-state index is 12.9. The molecule has 0 amide bonds. The lowest BCUT2D eigenvalue weighted by molar-refractivity contribution is -0.390. The molecule has 0 fully saturated rings. The highest BCUT2D eigenvalue weighted by molar-refractivity contribution is 6.30. The number of hydrogen-bond acceptors (Lipinski definition) is 4. The van der Waals surface area contributed by atoms with Crippen LogP contribution in [0.1, 0.15) is 11.1 Å². The highest BCUT2D eigenvalue weighted by Crippen LogP contribution is 2.33. The molecule has 0 saturated heterocycles. The molecule has 0 aliphatic carbocycles. The van der Waals surface area contributed by atoms with Gasteiger partial charge in [-0.3, -0.25) is 0 Å². The van der Waals surface area contributed by atoms with Gasteiger partial charge < -0.3 is 14.9 Å². The Labute approximate surface area is 133 Å². The third kappa shape index (κ3) is 4.32. The number of rotatable bonds is 5. The van der Waals surface area contributed by atoms with Gasteiger partial charge in [-0.15, -0.1) is 0 Å². The Hall–Kier alpha value is -2.35. The fraction of sp³-hybridized carbons (Fsp3) is 0.214. The Balaban J connectivity index is 2.14. The van der Waals surface area contributed by atoms with Crippen LogP contribution in [0.4, 0.5) is 19.0 Å². The van der Waals surface area contributed by atoms with Crippen LogP contribution in [0, 0.1) is 10.1 Å². The van der Waals surface area contributed by atoms with Crippen molar-refractivity contribution < 1.29 is 22.8 Å². The maximum absolute atomic E-state index is 12.9. The van der Waals surface area contributed by atoms with Gasteiger partial charge in [-0.2, -0.15) is 13.2 Å². The largest absolute Gasteiger partial charge is 0.485 e. The SMILES string of the molecule is O=[N+]([O-])c1ncccc1OCCc1cc(Cl)ccc1C(F)(F)F. The first-order valence-corrected chi connectivity index (χ1v) is 6.74. The van der Waals surface area contributed by atoms with E-state index in [0.717, 1.165) is 12.1 Å². The summed E-state index contributed by atoms with van der Waals surface area (Å²) in [7, 11) is 0. The molecule has 122 valence electrons. The summed E-state index contributed by atoms with van der Waals surface area (Å²) in [6.07, 6.45) is -3.40. The molecule has 9 heteroatoms. The molecule has 2 rings (SSSR count). The van der Waals surface area contributed by atoms with Crippen molar-refractivity contribution in [2.45, 2.75) is 12.6 Å². The van der Waals surface area contributed by atoms with Crippen molar-refractivity contribution in [2.75, 3.05) is 6.61 Å². The Bertz CT molecular complexity index is 723. The molecule has 0 radical (unpaired) electrons. The number of halogens is 4. The zero-order valence-corrected chi connectivity index (χ0v) is 12.3. The van der Waals surface area contributed by atoms with Gasteiger partial charge in [0.2, 0.25) is 5.75 Å². The van der Waals surface area contributed by atoms with Gasteiger partial charge in [-0.25, -0.2) is 0 Å². The van der Waals surface area contributed by atoms with Gasteiger partial charge in [-0.1, -0.05) is 11.6 Å². The molecule has 0 aliphatic heterocycles. The summed E-state index contributed by atoms with van der Waals surface area (Å²) in [4.78, 5) is 13.6. The summed E-state index contributed by atoms with van der Waals surface area (Å²) in [6.45, 7) is -0.185. The van der Waals surface area contributed by atoms with Crippen molar-refractivity contribution in [3.05, 3.63) is 62.8 Å². The summed E-state index contributed by atoms with van der Waals surface area (Å²) in [5.41, 5.74) is -0.859. The summed E-state index contributed by atoms with van der Waals surface area (Å²) < 4.78 is 43.9. The number of benzene rings is 1. The Morgan fingerprint density at radius 3 is 2.70 bits per heavy atom. The monoisotopic (exact) mass is 346 g/mol. The number of pyridine rings is 1. The average molecular weight is 347 g/mol. The van der Waals surface area contributed by atoms with Crippen LogP contribution in [-0.4, -0.2) is 16.5 Å². The molecule has 1 aromatic heterocycles. The van der Waals surface area contributed by atoms with E-state index in [-0.39, 0.29) is 29.4 Å². The molecule has 2 aromatic rings. The summed E-state index contributed by atoms with van der Waals surface area (Å²) in [5.74, 6) is -0.595. The molecule has 1 heterocycles. The van der Waals surface area contributed by atoms with E-state index in [1.165, 1.54) is 24.4 Å². The molecule has 0 unspecified atom stereocenters. The van der Waals surface area contributed by atoms with Crippen molar-refractivity contribution in [3.8, 4) is 5.75 Å². The van der Waals surface area contributed by atoms with Crippen LogP contribution >= 0.6 is 11.6 Å². The van der Waals surface area contributed by atoms with Crippen LogP contribution in [0.2, 0.25) is 5.02 Å². The lowest BCUT2D eigenvalue weighted by atomic mass is 10.0. The van der Waals surface area contributed by atoms with Crippen molar-refractivity contribution in [2.24, 2.45) is 0 Å². The predicted octanol–water partition coefficient (Wildman–Crippen LogP) is 4.28. The summed E-state index contributed by atoms with van der Waals surface area (Å²) in [6, 6.07) is 6.01. The Morgan fingerprint density at radius 2 is 2.04 bits per heavy atom. The normalized spacial score (nSPS) is 11.3. The quantitative estimate of drug-likeness (QED) is 0.598. The van der Waals surface area contributed by atoms with Crippen LogP contribution in [0.5, 0.6) is 5.75 Å². The minimum absolute atomic E-state index is 0.0449. The molecule has 0 atom stereocenters. The second-order valence-electron chi connectivity index (χ2n) is 4.48. The second kappa shape index (κ2) is 6.82. The highest BCUT2D eigenvalue weighted by atomic mass is 35.5. The standard InChI is InChI=1S/C14H10ClF3N2O3/c15-10-3-4-11(14(16,17)18)9(8-10)5-7-23-12-2-1-6-19-13(12)20(21)22/h1-4,6,8H,5,7H2. The van der Waals surface area contributed by atoms with Gasteiger partial charge in [-0.05, 0) is 45.8 Å². The van der Waals surface area contributed by atoms with E-state index >= 15 is 0 Å². The van der Waals surface area contributed by atoms with Gasteiger partial charge in [0.15, 0.2) is 0 Å². The Kier molecular flexibility index (Phi) is 5.05. The fourth-order valence-electron chi connectivity index (χ4n) is 1.95. The van der Waals surface area contributed by atoms with Gasteiger partial charge in [0.1, 0.15) is 6.20 Å². The molecule has 0 bridgehead atoms. The van der Waals surface area contributed by atoms with Crippen LogP contribution in [-0.2, 0) is 12.6 Å². The van der Waals surface area contributed by atoms with Crippen LogP contribution in [0.3, 0.4) is 0 Å². The van der Waals surface area contributed by atoms with Gasteiger partial charge >= 0.3 is 12.0 Å². The van der Waals surface area contributed by atoms with E-state index in [1.807, 2.05) is 0 Å². The minimum Gasteiger partial charge on any atom is -0.485 e. The molecule has 23 heavy (non-hydrogen) atoms. The summed E-state index contributed by atoms with van der Waals surface area (Å²) >= 11 is 5.72. The van der Waals surface area contributed by atoms with Gasteiger partial charge in [0.25, 0.3) is 0 Å².